The molecule has 0 amide bonds. The number of rotatable bonds is 0. The summed E-state index contributed by atoms with van der Waals surface area (Å²) in [5.41, 5.74) is 0. The Labute approximate surface area is 216 Å². The molecule has 5 rings (SSSR count). The van der Waals surface area contributed by atoms with Crippen LogP contribution in [-0.2, 0) is 0 Å². The van der Waals surface area contributed by atoms with Crippen LogP contribution >= 0.6 is 0 Å². The van der Waals surface area contributed by atoms with E-state index in [1.54, 1.807) is 0 Å². The van der Waals surface area contributed by atoms with E-state index in [9.17, 15) is 5.11 Å². The molecule has 3 nitrogen and oxygen atoms in total. The van der Waals surface area contributed by atoms with Gasteiger partial charge in [-0.25, -0.2) is 0 Å². The summed E-state index contributed by atoms with van der Waals surface area (Å²) in [6, 6.07) is 0. The van der Waals surface area contributed by atoms with Crippen LogP contribution in [0.15, 0.2) is 36.5 Å². The van der Waals surface area contributed by atoms with Gasteiger partial charge >= 0.3 is 0 Å². The maximum Gasteiger partial charge on any atom is 0.0850 e. The summed E-state index contributed by atoms with van der Waals surface area (Å²) in [5, 5.41) is 10.8. The van der Waals surface area contributed by atoms with Crippen LogP contribution in [0.4, 0.5) is 0 Å². The van der Waals surface area contributed by atoms with Gasteiger partial charge in [0.1, 0.15) is 0 Å². The Kier molecular flexibility index (Phi) is 11.9. The fraction of sp³-hybridized carbons (Fsp3) is 0.812. The largest absolute Gasteiger partial charge is 0.388 e. The van der Waals surface area contributed by atoms with Crippen LogP contribution in [0, 0.1) is 23.7 Å². The number of hydrogen-bond donors (Lipinski definition) is 1. The maximum absolute atomic E-state index is 10.8. The smallest absolute Gasteiger partial charge is 0.0850 e. The third-order valence-electron chi connectivity index (χ3n) is 9.36. The molecule has 7 atom stereocenters. The first kappa shape index (κ1) is 27.1. The van der Waals surface area contributed by atoms with Crippen LogP contribution in [-0.4, -0.2) is 60.3 Å². The van der Waals surface area contributed by atoms with E-state index < -0.39 is 0 Å². The highest BCUT2D eigenvalue weighted by atomic mass is 16.3. The quantitative estimate of drug-likeness (QED) is 0.377. The molecule has 5 heterocycles. The van der Waals surface area contributed by atoms with Gasteiger partial charge in [-0.1, -0.05) is 75.0 Å². The fourth-order valence-corrected chi connectivity index (χ4v) is 7.53. The first-order chi connectivity index (χ1) is 17.3. The predicted octanol–water partition coefficient (Wildman–Crippen LogP) is 6.99. The molecular weight excluding hydrogens is 428 g/mol. The first-order valence-electron chi connectivity index (χ1n) is 15.4. The van der Waals surface area contributed by atoms with Gasteiger partial charge in [-0.05, 0) is 88.0 Å². The SMILES string of the molecule is O[C@@H]1/C=C\C=C/CCCCCC[C@@H]2CN3CC/C=C\CCCCCC[C@@H]4C[C@@H](CN(C4)C1)[C@H]2CC3. The summed E-state index contributed by atoms with van der Waals surface area (Å²) < 4.78 is 0. The third-order valence-corrected chi connectivity index (χ3v) is 9.36. The maximum atomic E-state index is 10.8. The van der Waals surface area contributed by atoms with Gasteiger partial charge in [0.05, 0.1) is 6.10 Å². The van der Waals surface area contributed by atoms with Gasteiger partial charge in [-0.2, -0.15) is 0 Å². The molecule has 2 fully saturated rings. The lowest BCUT2D eigenvalue weighted by Crippen LogP contribution is -2.50. The third kappa shape index (κ3) is 9.48. The Bertz CT molecular complexity index is 670. The van der Waals surface area contributed by atoms with Gasteiger partial charge in [0, 0.05) is 32.7 Å². The highest BCUT2D eigenvalue weighted by Gasteiger charge is 2.38. The lowest BCUT2D eigenvalue weighted by molar-refractivity contribution is 0.00963. The molecule has 5 aliphatic heterocycles. The zero-order valence-corrected chi connectivity index (χ0v) is 22.5. The molecule has 0 saturated carbocycles. The van der Waals surface area contributed by atoms with Crippen molar-refractivity contribution in [3.63, 3.8) is 0 Å². The van der Waals surface area contributed by atoms with Crippen molar-refractivity contribution in [2.75, 3.05) is 39.3 Å². The van der Waals surface area contributed by atoms with Gasteiger partial charge in [0.25, 0.3) is 0 Å². The Balaban J connectivity index is 1.51. The second-order valence-corrected chi connectivity index (χ2v) is 12.2. The van der Waals surface area contributed by atoms with Gasteiger partial charge in [-0.15, -0.1) is 0 Å². The summed E-state index contributed by atoms with van der Waals surface area (Å²) in [4.78, 5) is 5.45. The second kappa shape index (κ2) is 15.4. The van der Waals surface area contributed by atoms with E-state index >= 15 is 0 Å². The fourth-order valence-electron chi connectivity index (χ4n) is 7.53. The lowest BCUT2D eigenvalue weighted by atomic mass is 9.69. The molecule has 2 saturated heterocycles. The molecule has 198 valence electrons. The summed E-state index contributed by atoms with van der Waals surface area (Å²) >= 11 is 0. The van der Waals surface area contributed by atoms with E-state index in [0.717, 1.165) is 30.2 Å². The van der Waals surface area contributed by atoms with Crippen LogP contribution in [0.2, 0.25) is 0 Å². The van der Waals surface area contributed by atoms with Crippen LogP contribution in [0.5, 0.6) is 0 Å². The highest BCUT2D eigenvalue weighted by molar-refractivity contribution is 5.05. The minimum atomic E-state index is -0.346. The Morgan fingerprint density at radius 3 is 2.20 bits per heavy atom. The van der Waals surface area contributed by atoms with Crippen molar-refractivity contribution in [3.8, 4) is 0 Å². The monoisotopic (exact) mass is 482 g/mol. The highest BCUT2D eigenvalue weighted by Crippen LogP contribution is 2.40. The summed E-state index contributed by atoms with van der Waals surface area (Å²) in [5.74, 6) is 3.40. The average molecular weight is 483 g/mol. The molecular formula is C32H54N2O. The Hall–Kier alpha value is -0.900. The molecule has 3 heteroatoms. The molecule has 35 heavy (non-hydrogen) atoms. The van der Waals surface area contributed by atoms with Crippen LogP contribution in [0.25, 0.3) is 0 Å². The Morgan fingerprint density at radius 2 is 1.31 bits per heavy atom. The van der Waals surface area contributed by atoms with Crippen molar-refractivity contribution in [2.24, 2.45) is 23.7 Å². The summed E-state index contributed by atoms with van der Waals surface area (Å²) in [7, 11) is 0. The zero-order valence-electron chi connectivity index (χ0n) is 22.5. The Morgan fingerprint density at radius 1 is 0.571 bits per heavy atom. The van der Waals surface area contributed by atoms with Crippen molar-refractivity contribution in [1.82, 2.24) is 9.80 Å². The molecule has 0 aromatic heterocycles. The first-order valence-corrected chi connectivity index (χ1v) is 15.4. The number of piperidine rings is 2. The molecule has 1 N–H and O–H groups in total. The van der Waals surface area contributed by atoms with E-state index in [0.29, 0.717) is 0 Å². The van der Waals surface area contributed by atoms with Crippen LogP contribution < -0.4 is 0 Å². The van der Waals surface area contributed by atoms with Crippen molar-refractivity contribution in [2.45, 2.75) is 102 Å². The number of aliphatic hydroxyl groups excluding tert-OH is 1. The average Bonchev–Trinajstić information content (AvgIpc) is 2.85. The van der Waals surface area contributed by atoms with E-state index in [1.165, 1.54) is 129 Å². The standard InChI is InChI=1S/C32H54N2O/c35-31-19-15-11-7-2-1-6-10-14-18-29-25-33-21-16-12-8-4-3-5-9-13-17-28-23-30(32(29)20-22-33)26-34(24-28)27-31/h7-8,11-12,15,19,28-32,35H,1-6,9-10,13-14,16-18,20-27H2/b11-7-,12-8-,19-15-/t28-,29-,30+,31-,32+/m1/s1. The van der Waals surface area contributed by atoms with Gasteiger partial charge < -0.3 is 10.0 Å². The van der Waals surface area contributed by atoms with Crippen LogP contribution in [0.1, 0.15) is 96.3 Å². The molecule has 6 bridgehead atoms. The normalized spacial score (nSPS) is 41.6. The molecule has 0 aromatic carbocycles. The summed E-state index contributed by atoms with van der Waals surface area (Å²) in [6.45, 7) is 7.10. The second-order valence-electron chi connectivity index (χ2n) is 12.2. The number of fused-ring (bicyclic) bond motifs is 10. The molecule has 0 aromatic rings. The minimum absolute atomic E-state index is 0.346. The molecule has 5 aliphatic rings. The molecule has 0 spiro atoms. The zero-order chi connectivity index (χ0) is 24.1. The van der Waals surface area contributed by atoms with Gasteiger partial charge in [0.2, 0.25) is 0 Å². The van der Waals surface area contributed by atoms with E-state index in [2.05, 4.69) is 40.2 Å². The number of nitrogens with zero attached hydrogens (tertiary/aromatic N) is 2. The molecule has 2 unspecified atom stereocenters. The lowest BCUT2D eigenvalue weighted by Gasteiger charge is -2.47. The van der Waals surface area contributed by atoms with Crippen LogP contribution in [0.3, 0.4) is 0 Å². The van der Waals surface area contributed by atoms with Crippen molar-refractivity contribution >= 4 is 0 Å². The predicted molar refractivity (Wildman–Crippen MR) is 150 cm³/mol. The van der Waals surface area contributed by atoms with Crippen molar-refractivity contribution in [3.05, 3.63) is 36.5 Å². The van der Waals surface area contributed by atoms with Gasteiger partial charge in [-0.3, -0.25) is 4.90 Å². The minimum Gasteiger partial charge on any atom is -0.388 e. The van der Waals surface area contributed by atoms with Crippen molar-refractivity contribution < 1.29 is 5.11 Å². The van der Waals surface area contributed by atoms with Gasteiger partial charge in [0.15, 0.2) is 0 Å². The summed E-state index contributed by atoms with van der Waals surface area (Å²) in [6.07, 6.45) is 33.4. The number of aliphatic hydroxyl groups is 1. The van der Waals surface area contributed by atoms with E-state index in [1.807, 2.05) is 6.08 Å². The number of allylic oxidation sites excluding steroid dienone is 4. The topological polar surface area (TPSA) is 26.7 Å². The van der Waals surface area contributed by atoms with E-state index in [-0.39, 0.29) is 6.10 Å². The van der Waals surface area contributed by atoms with Crippen molar-refractivity contribution in [1.29, 1.82) is 0 Å². The molecule has 0 aliphatic carbocycles. The molecule has 0 radical (unpaired) electrons. The van der Waals surface area contributed by atoms with E-state index in [4.69, 9.17) is 0 Å². The number of hydrogen-bond acceptors (Lipinski definition) is 3.